The molecule has 0 spiro atoms. The van der Waals surface area contributed by atoms with E-state index >= 15 is 0 Å². The van der Waals surface area contributed by atoms with Crippen LogP contribution in [-0.2, 0) is 18.0 Å². The summed E-state index contributed by atoms with van der Waals surface area (Å²) in [5, 5.41) is 17.9. The second kappa shape index (κ2) is 9.84. The zero-order valence-electron chi connectivity index (χ0n) is 13.0. The van der Waals surface area contributed by atoms with Crippen molar-refractivity contribution in [2.45, 2.75) is 13.2 Å². The Hall–Kier alpha value is -2.08. The summed E-state index contributed by atoms with van der Waals surface area (Å²) in [5.41, 5.74) is 1.72. The van der Waals surface area contributed by atoms with E-state index in [1.165, 1.54) is 0 Å². The van der Waals surface area contributed by atoms with Gasteiger partial charge in [0.25, 0.3) is 0 Å². The second-order valence-corrected chi connectivity index (χ2v) is 4.91. The lowest BCUT2D eigenvalue weighted by molar-refractivity contribution is 0.0764. The fourth-order valence-electron chi connectivity index (χ4n) is 1.92. The average molecular weight is 318 g/mol. The van der Waals surface area contributed by atoms with E-state index in [1.807, 2.05) is 48.5 Å². The largest absolute Gasteiger partial charge is 0.491 e. The van der Waals surface area contributed by atoms with Crippen LogP contribution in [0.2, 0.25) is 0 Å². The van der Waals surface area contributed by atoms with Crippen LogP contribution in [0.4, 0.5) is 0 Å². The molecule has 0 saturated carbocycles. The minimum absolute atomic E-state index is 0.0338. The molecule has 2 aromatic carbocycles. The zero-order valence-corrected chi connectivity index (χ0v) is 13.0. The molecule has 0 aliphatic rings. The number of ether oxygens (including phenoxy) is 3. The monoisotopic (exact) mass is 318 g/mol. The Kier molecular flexibility index (Phi) is 7.39. The minimum Gasteiger partial charge on any atom is -0.491 e. The fraction of sp³-hybridized carbons (Fsp3) is 0.333. The van der Waals surface area contributed by atoms with Gasteiger partial charge in [0, 0.05) is 0 Å². The molecule has 0 aromatic heterocycles. The van der Waals surface area contributed by atoms with E-state index in [0.29, 0.717) is 26.4 Å². The Morgan fingerprint density at radius 1 is 0.565 bits per heavy atom. The van der Waals surface area contributed by atoms with Crippen molar-refractivity contribution in [2.75, 3.05) is 26.4 Å². The number of aliphatic hydroxyl groups excluding tert-OH is 2. The maximum Gasteiger partial charge on any atom is 0.119 e. The highest BCUT2D eigenvalue weighted by atomic mass is 16.5. The molecular formula is C18H22O5. The van der Waals surface area contributed by atoms with Crippen LogP contribution in [0.5, 0.6) is 11.5 Å². The van der Waals surface area contributed by atoms with Crippen LogP contribution in [0.15, 0.2) is 48.5 Å². The lowest BCUT2D eigenvalue weighted by atomic mass is 10.2. The highest BCUT2D eigenvalue weighted by Gasteiger charge is 1.97. The summed E-state index contributed by atoms with van der Waals surface area (Å²) in [6.07, 6.45) is 0. The Morgan fingerprint density at radius 3 is 1.30 bits per heavy atom. The molecule has 0 unspecified atom stereocenters. The molecule has 0 aliphatic heterocycles. The number of aliphatic hydroxyl groups is 2. The lowest BCUT2D eigenvalue weighted by Gasteiger charge is -2.09. The molecule has 0 radical (unpaired) electrons. The summed E-state index contributed by atoms with van der Waals surface area (Å²) in [7, 11) is 0. The van der Waals surface area contributed by atoms with Crippen LogP contribution < -0.4 is 9.47 Å². The van der Waals surface area contributed by atoms with E-state index in [4.69, 9.17) is 24.4 Å². The highest BCUT2D eigenvalue weighted by molar-refractivity contribution is 5.27. The maximum absolute atomic E-state index is 8.95. The number of benzene rings is 2. The molecule has 124 valence electrons. The first-order chi connectivity index (χ1) is 11.3. The minimum atomic E-state index is 0.0338. The predicted octanol–water partition coefficient (Wildman–Crippen LogP) is 2.15. The van der Waals surface area contributed by atoms with Gasteiger partial charge in [0.15, 0.2) is 0 Å². The van der Waals surface area contributed by atoms with Crippen molar-refractivity contribution >= 4 is 0 Å². The van der Waals surface area contributed by atoms with Gasteiger partial charge in [-0.2, -0.15) is 0 Å². The van der Waals surface area contributed by atoms with Gasteiger partial charge in [0.05, 0.1) is 26.4 Å². The molecule has 2 N–H and O–H groups in total. The summed E-state index contributed by atoms with van der Waals surface area (Å²) >= 11 is 0. The normalized spacial score (nSPS) is 10.5. The average Bonchev–Trinajstić information content (AvgIpc) is 2.62. The molecular weight excluding hydrogens is 296 g/mol. The van der Waals surface area contributed by atoms with E-state index < -0.39 is 0 Å². The first-order valence-corrected chi connectivity index (χ1v) is 7.55. The SMILES string of the molecule is OCc1ccc(OCCOCCOc2ccc(CO)cc2)cc1. The van der Waals surface area contributed by atoms with Crippen molar-refractivity contribution in [3.63, 3.8) is 0 Å². The van der Waals surface area contributed by atoms with Gasteiger partial charge in [-0.3, -0.25) is 0 Å². The summed E-state index contributed by atoms with van der Waals surface area (Å²) in [4.78, 5) is 0. The molecule has 0 amide bonds. The van der Waals surface area contributed by atoms with Crippen LogP contribution >= 0.6 is 0 Å². The van der Waals surface area contributed by atoms with Gasteiger partial charge in [-0.25, -0.2) is 0 Å². The number of hydrogen-bond donors (Lipinski definition) is 2. The standard InChI is InChI=1S/C18H22O5/c19-13-15-1-5-17(6-2-15)22-11-9-21-10-12-23-18-7-3-16(14-20)4-8-18/h1-8,19-20H,9-14H2. The van der Waals surface area contributed by atoms with Crippen LogP contribution in [0.25, 0.3) is 0 Å². The van der Waals surface area contributed by atoms with Gasteiger partial charge in [-0.1, -0.05) is 24.3 Å². The van der Waals surface area contributed by atoms with Gasteiger partial charge in [-0.05, 0) is 35.4 Å². The smallest absolute Gasteiger partial charge is 0.119 e. The molecule has 2 aromatic rings. The summed E-state index contributed by atoms with van der Waals surface area (Å²) < 4.78 is 16.5. The van der Waals surface area contributed by atoms with Gasteiger partial charge in [0.1, 0.15) is 24.7 Å². The summed E-state index contributed by atoms with van der Waals surface area (Å²) in [5.74, 6) is 1.51. The van der Waals surface area contributed by atoms with Gasteiger partial charge >= 0.3 is 0 Å². The molecule has 0 aliphatic carbocycles. The quantitative estimate of drug-likeness (QED) is 0.657. The first-order valence-electron chi connectivity index (χ1n) is 7.55. The molecule has 23 heavy (non-hydrogen) atoms. The Labute approximate surface area is 136 Å². The third-order valence-electron chi connectivity index (χ3n) is 3.20. The van der Waals surface area contributed by atoms with Crippen LogP contribution in [0.3, 0.4) is 0 Å². The van der Waals surface area contributed by atoms with E-state index in [9.17, 15) is 0 Å². The summed E-state index contributed by atoms with van der Waals surface area (Å²) in [6.45, 7) is 1.95. The first kappa shape index (κ1) is 17.3. The third-order valence-corrected chi connectivity index (χ3v) is 3.20. The van der Waals surface area contributed by atoms with Crippen molar-refractivity contribution in [3.8, 4) is 11.5 Å². The van der Waals surface area contributed by atoms with E-state index in [0.717, 1.165) is 22.6 Å². The Balaban J connectivity index is 1.53. The summed E-state index contributed by atoms with van der Waals surface area (Å²) in [6, 6.07) is 14.6. The van der Waals surface area contributed by atoms with Crippen molar-refractivity contribution in [1.29, 1.82) is 0 Å². The molecule has 0 heterocycles. The van der Waals surface area contributed by atoms with Gasteiger partial charge in [0.2, 0.25) is 0 Å². The lowest BCUT2D eigenvalue weighted by Crippen LogP contribution is -2.12. The second-order valence-electron chi connectivity index (χ2n) is 4.91. The van der Waals surface area contributed by atoms with Crippen molar-refractivity contribution in [1.82, 2.24) is 0 Å². The van der Waals surface area contributed by atoms with Crippen LogP contribution in [0, 0.1) is 0 Å². The van der Waals surface area contributed by atoms with Gasteiger partial charge < -0.3 is 24.4 Å². The molecule has 5 heteroatoms. The number of hydrogen-bond acceptors (Lipinski definition) is 5. The van der Waals surface area contributed by atoms with E-state index in [1.54, 1.807) is 0 Å². The molecule has 0 bridgehead atoms. The van der Waals surface area contributed by atoms with E-state index in [-0.39, 0.29) is 13.2 Å². The Morgan fingerprint density at radius 2 is 0.957 bits per heavy atom. The van der Waals surface area contributed by atoms with Gasteiger partial charge in [-0.15, -0.1) is 0 Å². The molecule has 2 rings (SSSR count). The fourth-order valence-corrected chi connectivity index (χ4v) is 1.92. The zero-order chi connectivity index (χ0) is 16.3. The third kappa shape index (κ3) is 6.28. The molecule has 0 fully saturated rings. The van der Waals surface area contributed by atoms with Crippen LogP contribution in [-0.4, -0.2) is 36.6 Å². The highest BCUT2D eigenvalue weighted by Crippen LogP contribution is 2.12. The van der Waals surface area contributed by atoms with Crippen LogP contribution in [0.1, 0.15) is 11.1 Å². The predicted molar refractivity (Wildman–Crippen MR) is 86.5 cm³/mol. The molecule has 0 atom stereocenters. The van der Waals surface area contributed by atoms with E-state index in [2.05, 4.69) is 0 Å². The Bertz CT molecular complexity index is 499. The van der Waals surface area contributed by atoms with Crippen molar-refractivity contribution in [2.24, 2.45) is 0 Å². The van der Waals surface area contributed by atoms with Crippen molar-refractivity contribution in [3.05, 3.63) is 59.7 Å². The number of rotatable bonds is 10. The topological polar surface area (TPSA) is 68.2 Å². The maximum atomic E-state index is 8.95. The van der Waals surface area contributed by atoms with Crippen molar-refractivity contribution < 1.29 is 24.4 Å². The molecule has 5 nitrogen and oxygen atoms in total. The molecule has 0 saturated heterocycles.